The minimum atomic E-state index is -0.445. The average molecular weight is 224 g/mol. The van der Waals surface area contributed by atoms with E-state index >= 15 is 0 Å². The minimum absolute atomic E-state index is 0.00667. The molecule has 0 heterocycles. The molecule has 0 rings (SSSR count). The van der Waals surface area contributed by atoms with Gasteiger partial charge in [-0.3, -0.25) is 0 Å². The van der Waals surface area contributed by atoms with Crippen molar-refractivity contribution in [2.45, 2.75) is 33.0 Å². The van der Waals surface area contributed by atoms with Gasteiger partial charge in [0.2, 0.25) is 0 Å². The lowest BCUT2D eigenvalue weighted by Crippen LogP contribution is -2.19. The van der Waals surface area contributed by atoms with Gasteiger partial charge in [-0.1, -0.05) is 6.92 Å². The fraction of sp³-hybridized carbons (Fsp3) is 1.00. The van der Waals surface area contributed by atoms with E-state index in [1.54, 1.807) is 20.8 Å². The van der Waals surface area contributed by atoms with Crippen LogP contribution >= 0.6 is 0 Å². The molecule has 0 amide bonds. The predicted octanol–water partition coefficient (Wildman–Crippen LogP) is -0.628. The van der Waals surface area contributed by atoms with Crippen LogP contribution in [-0.2, 0) is 4.74 Å². The Kier molecular flexibility index (Phi) is 13.6. The first kappa shape index (κ1) is 17.2. The second-order valence-corrected chi connectivity index (χ2v) is 3.65. The summed E-state index contributed by atoms with van der Waals surface area (Å²) in [5, 5.41) is 33.5. The van der Waals surface area contributed by atoms with Crippen molar-refractivity contribution in [3.63, 3.8) is 0 Å². The summed E-state index contributed by atoms with van der Waals surface area (Å²) in [6.07, 6.45) is -0.612. The van der Waals surface area contributed by atoms with Gasteiger partial charge in [-0.05, 0) is 13.8 Å². The Bertz CT molecular complexity index is 114. The number of hydrogen-bond acceptors (Lipinski definition) is 5. The fourth-order valence-electron chi connectivity index (χ4n) is 0.414. The van der Waals surface area contributed by atoms with Crippen LogP contribution in [0.5, 0.6) is 0 Å². The molecular weight excluding hydrogens is 200 g/mol. The Morgan fingerprint density at radius 1 is 0.933 bits per heavy atom. The van der Waals surface area contributed by atoms with Crippen LogP contribution < -0.4 is 0 Å². The topological polar surface area (TPSA) is 90.2 Å². The molecule has 0 radical (unpaired) electrons. The summed E-state index contributed by atoms with van der Waals surface area (Å²) in [5.74, 6) is 0.0463. The van der Waals surface area contributed by atoms with Gasteiger partial charge in [0.15, 0.2) is 0 Å². The molecular formula is C10H24O5. The van der Waals surface area contributed by atoms with E-state index in [1.807, 2.05) is 0 Å². The standard InChI is InChI=1S/C6H14O3.C4H10O2/c1-5(8)4-9-6(2)3-7;1-4(2-5)3-6/h5-8H,3-4H2,1-2H3;4-6H,2-3H2,1H3. The largest absolute Gasteiger partial charge is 0.396 e. The Hall–Kier alpha value is -0.200. The first-order valence-electron chi connectivity index (χ1n) is 5.10. The zero-order valence-electron chi connectivity index (χ0n) is 9.76. The first-order chi connectivity index (χ1) is 6.97. The molecule has 0 aromatic carbocycles. The molecule has 2 atom stereocenters. The van der Waals surface area contributed by atoms with E-state index in [1.165, 1.54) is 0 Å². The molecule has 0 aliphatic carbocycles. The summed E-state index contributed by atoms with van der Waals surface area (Å²) in [5.41, 5.74) is 0. The highest BCUT2D eigenvalue weighted by molar-refractivity contribution is 4.47. The van der Waals surface area contributed by atoms with Crippen LogP contribution in [0, 0.1) is 5.92 Å². The van der Waals surface area contributed by atoms with Crippen LogP contribution in [0.15, 0.2) is 0 Å². The van der Waals surface area contributed by atoms with Crippen molar-refractivity contribution >= 4 is 0 Å². The first-order valence-corrected chi connectivity index (χ1v) is 5.10. The van der Waals surface area contributed by atoms with Crippen molar-refractivity contribution in [2.75, 3.05) is 26.4 Å². The third-order valence-electron chi connectivity index (χ3n) is 1.50. The highest BCUT2D eigenvalue weighted by Crippen LogP contribution is 1.90. The van der Waals surface area contributed by atoms with E-state index in [4.69, 9.17) is 25.2 Å². The lowest BCUT2D eigenvalue weighted by molar-refractivity contribution is -0.0177. The molecule has 4 N–H and O–H groups in total. The number of rotatable bonds is 6. The lowest BCUT2D eigenvalue weighted by Gasteiger charge is -2.10. The Morgan fingerprint density at radius 2 is 1.40 bits per heavy atom. The summed E-state index contributed by atoms with van der Waals surface area (Å²) < 4.78 is 4.95. The summed E-state index contributed by atoms with van der Waals surface area (Å²) >= 11 is 0. The van der Waals surface area contributed by atoms with Crippen molar-refractivity contribution in [3.05, 3.63) is 0 Å². The maximum Gasteiger partial charge on any atom is 0.0779 e. The zero-order chi connectivity index (χ0) is 12.3. The number of hydrogen-bond donors (Lipinski definition) is 4. The molecule has 0 aliphatic heterocycles. The molecule has 0 aromatic rings. The highest BCUT2D eigenvalue weighted by Gasteiger charge is 2.00. The van der Waals surface area contributed by atoms with Gasteiger partial charge < -0.3 is 25.2 Å². The van der Waals surface area contributed by atoms with Gasteiger partial charge in [-0.15, -0.1) is 0 Å². The quantitative estimate of drug-likeness (QED) is 0.482. The third-order valence-corrected chi connectivity index (χ3v) is 1.50. The highest BCUT2D eigenvalue weighted by atomic mass is 16.5. The van der Waals surface area contributed by atoms with E-state index in [0.29, 0.717) is 6.61 Å². The van der Waals surface area contributed by atoms with Gasteiger partial charge >= 0.3 is 0 Å². The van der Waals surface area contributed by atoms with Crippen LogP contribution in [0.4, 0.5) is 0 Å². The molecule has 15 heavy (non-hydrogen) atoms. The Morgan fingerprint density at radius 3 is 1.60 bits per heavy atom. The van der Waals surface area contributed by atoms with Crippen molar-refractivity contribution in [2.24, 2.45) is 5.92 Å². The van der Waals surface area contributed by atoms with Gasteiger partial charge in [0, 0.05) is 19.1 Å². The molecule has 0 aromatic heterocycles. The monoisotopic (exact) mass is 224 g/mol. The van der Waals surface area contributed by atoms with Crippen molar-refractivity contribution in [3.8, 4) is 0 Å². The van der Waals surface area contributed by atoms with E-state index in [2.05, 4.69) is 0 Å². The SMILES string of the molecule is CC(CO)CO.CC(O)COC(C)CO. The van der Waals surface area contributed by atoms with Gasteiger partial charge in [-0.2, -0.15) is 0 Å². The van der Waals surface area contributed by atoms with Gasteiger partial charge in [0.1, 0.15) is 0 Å². The second-order valence-electron chi connectivity index (χ2n) is 3.65. The van der Waals surface area contributed by atoms with E-state index in [0.717, 1.165) is 0 Å². The van der Waals surface area contributed by atoms with E-state index < -0.39 is 6.10 Å². The molecule has 2 unspecified atom stereocenters. The van der Waals surface area contributed by atoms with Crippen LogP contribution in [0.25, 0.3) is 0 Å². The zero-order valence-corrected chi connectivity index (χ0v) is 9.76. The Labute approximate surface area is 91.3 Å². The van der Waals surface area contributed by atoms with Gasteiger partial charge in [-0.25, -0.2) is 0 Å². The van der Waals surface area contributed by atoms with E-state index in [9.17, 15) is 0 Å². The second kappa shape index (κ2) is 11.9. The smallest absolute Gasteiger partial charge is 0.0779 e. The summed E-state index contributed by atoms with van der Waals surface area (Å²) in [7, 11) is 0. The molecule has 0 fully saturated rings. The molecule has 94 valence electrons. The average Bonchev–Trinajstić information content (AvgIpc) is 2.25. The summed E-state index contributed by atoms with van der Waals surface area (Å²) in [6, 6.07) is 0. The summed E-state index contributed by atoms with van der Waals surface area (Å²) in [6.45, 7) is 5.63. The fourth-order valence-corrected chi connectivity index (χ4v) is 0.414. The molecule has 0 saturated heterocycles. The molecule has 5 heteroatoms. The van der Waals surface area contributed by atoms with Crippen molar-refractivity contribution < 1.29 is 25.2 Å². The van der Waals surface area contributed by atoms with Crippen molar-refractivity contribution in [1.82, 2.24) is 0 Å². The van der Waals surface area contributed by atoms with Crippen LogP contribution in [0.2, 0.25) is 0 Å². The van der Waals surface area contributed by atoms with Gasteiger partial charge in [0.25, 0.3) is 0 Å². The number of aliphatic hydroxyl groups excluding tert-OH is 4. The molecule has 0 aliphatic rings. The maximum absolute atomic E-state index is 8.69. The molecule has 0 spiro atoms. The molecule has 0 saturated carbocycles. The van der Waals surface area contributed by atoms with Crippen LogP contribution in [0.1, 0.15) is 20.8 Å². The maximum atomic E-state index is 8.69. The number of ether oxygens (including phenoxy) is 1. The predicted molar refractivity (Wildman–Crippen MR) is 57.5 cm³/mol. The van der Waals surface area contributed by atoms with Gasteiger partial charge in [0.05, 0.1) is 25.4 Å². The third kappa shape index (κ3) is 16.5. The van der Waals surface area contributed by atoms with E-state index in [-0.39, 0.29) is 31.8 Å². The van der Waals surface area contributed by atoms with Crippen LogP contribution in [0.3, 0.4) is 0 Å². The summed E-state index contributed by atoms with van der Waals surface area (Å²) in [4.78, 5) is 0. The van der Waals surface area contributed by atoms with Crippen molar-refractivity contribution in [1.29, 1.82) is 0 Å². The molecule has 0 bridgehead atoms. The Balaban J connectivity index is 0. The lowest BCUT2D eigenvalue weighted by atomic mass is 10.2. The minimum Gasteiger partial charge on any atom is -0.396 e. The number of aliphatic hydroxyl groups is 4. The normalized spacial score (nSPS) is 14.4. The van der Waals surface area contributed by atoms with Crippen LogP contribution in [-0.4, -0.2) is 59.1 Å². The molecule has 5 nitrogen and oxygen atoms in total.